The second-order valence-electron chi connectivity index (χ2n) is 14.3. The quantitative estimate of drug-likeness (QED) is 0.172. The summed E-state index contributed by atoms with van der Waals surface area (Å²) in [5.41, 5.74) is 3.11. The Bertz CT molecular complexity index is 1580. The van der Waals surface area contributed by atoms with E-state index in [-0.39, 0.29) is 11.4 Å². The maximum absolute atomic E-state index is 12.4. The zero-order valence-corrected chi connectivity index (χ0v) is 29.5. The number of allylic oxidation sites excluding steroid dienone is 1. The summed E-state index contributed by atoms with van der Waals surface area (Å²) in [6.07, 6.45) is 16.6. The largest absolute Gasteiger partial charge is 0.456 e. The molecule has 0 spiro atoms. The van der Waals surface area contributed by atoms with Crippen molar-refractivity contribution in [2.24, 2.45) is 5.41 Å². The van der Waals surface area contributed by atoms with Crippen molar-refractivity contribution >= 4 is 35.1 Å². The Hall–Kier alpha value is -2.94. The standard InChI is InChI=1S/C37H48Cl2N6O2/c1-4-8-31(46)47-37(3)18-16-36(2,17-19-37)24-45-33(30-15-22-41-35(43-30)42-27-9-6-5-7-10-27)32(26-11-12-28(38)29(39)23-26)44-34(45)25-13-20-40-21-14-25/h4,8,11-12,15,22-23,25,27,40H,5-7,9-10,13-14,16-21,24H2,1-3H3,(H,41,42,43)/b8-4+. The van der Waals surface area contributed by atoms with Gasteiger partial charge >= 0.3 is 5.97 Å². The van der Waals surface area contributed by atoms with Crippen LogP contribution >= 0.6 is 23.2 Å². The Morgan fingerprint density at radius 1 is 1.02 bits per heavy atom. The third kappa shape index (κ3) is 8.03. The molecule has 0 radical (unpaired) electrons. The highest BCUT2D eigenvalue weighted by molar-refractivity contribution is 6.42. The molecule has 3 fully saturated rings. The van der Waals surface area contributed by atoms with E-state index >= 15 is 0 Å². The molecule has 0 unspecified atom stereocenters. The second-order valence-corrected chi connectivity index (χ2v) is 15.1. The zero-order valence-electron chi connectivity index (χ0n) is 28.0. The summed E-state index contributed by atoms with van der Waals surface area (Å²) >= 11 is 13.0. The van der Waals surface area contributed by atoms with Gasteiger partial charge in [0.05, 0.1) is 27.1 Å². The van der Waals surface area contributed by atoms with Gasteiger partial charge in [-0.3, -0.25) is 0 Å². The normalized spacial score (nSPS) is 24.4. The third-order valence-corrected chi connectivity index (χ3v) is 11.2. The molecule has 3 heterocycles. The topological polar surface area (TPSA) is 94.0 Å². The molecule has 1 aliphatic heterocycles. The molecular formula is C37H48Cl2N6O2. The van der Waals surface area contributed by atoms with Crippen LogP contribution in [0, 0.1) is 5.41 Å². The minimum Gasteiger partial charge on any atom is -0.456 e. The van der Waals surface area contributed by atoms with Gasteiger partial charge in [-0.1, -0.05) is 61.5 Å². The van der Waals surface area contributed by atoms with Crippen LogP contribution in [0.5, 0.6) is 0 Å². The summed E-state index contributed by atoms with van der Waals surface area (Å²) in [6.45, 7) is 8.98. The van der Waals surface area contributed by atoms with Crippen LogP contribution in [-0.4, -0.2) is 50.2 Å². The minimum absolute atomic E-state index is 0.0330. The molecule has 2 aromatic heterocycles. The van der Waals surface area contributed by atoms with E-state index in [1.165, 1.54) is 25.3 Å². The summed E-state index contributed by atoms with van der Waals surface area (Å²) in [5.74, 6) is 1.80. The molecule has 2 saturated carbocycles. The van der Waals surface area contributed by atoms with Crippen molar-refractivity contribution in [1.29, 1.82) is 0 Å². The molecule has 47 heavy (non-hydrogen) atoms. The van der Waals surface area contributed by atoms with E-state index in [1.807, 2.05) is 37.4 Å². The number of benzene rings is 1. The van der Waals surface area contributed by atoms with Gasteiger partial charge in [0.25, 0.3) is 0 Å². The van der Waals surface area contributed by atoms with Gasteiger partial charge in [-0.05, 0) is 102 Å². The Morgan fingerprint density at radius 2 is 1.77 bits per heavy atom. The van der Waals surface area contributed by atoms with E-state index < -0.39 is 5.60 Å². The molecule has 10 heteroatoms. The number of esters is 1. The molecular weight excluding hydrogens is 631 g/mol. The molecule has 2 aliphatic carbocycles. The van der Waals surface area contributed by atoms with E-state index in [2.05, 4.69) is 34.0 Å². The Morgan fingerprint density at radius 3 is 2.47 bits per heavy atom. The van der Waals surface area contributed by atoms with Gasteiger partial charge in [0, 0.05) is 36.3 Å². The fourth-order valence-electron chi connectivity index (χ4n) is 7.55. The summed E-state index contributed by atoms with van der Waals surface area (Å²) in [7, 11) is 0. The van der Waals surface area contributed by atoms with Gasteiger partial charge < -0.3 is 19.9 Å². The Balaban J connectivity index is 1.42. The van der Waals surface area contributed by atoms with Crippen molar-refractivity contribution in [2.45, 2.75) is 116 Å². The molecule has 2 N–H and O–H groups in total. The third-order valence-electron chi connectivity index (χ3n) is 10.4. The lowest BCUT2D eigenvalue weighted by Gasteiger charge is -2.43. The fraction of sp³-hybridized carbons (Fsp3) is 0.568. The molecule has 0 amide bonds. The van der Waals surface area contributed by atoms with Crippen molar-refractivity contribution in [2.75, 3.05) is 18.4 Å². The Kier molecular flexibility index (Phi) is 10.6. The summed E-state index contributed by atoms with van der Waals surface area (Å²) in [4.78, 5) is 27.6. The lowest BCUT2D eigenvalue weighted by atomic mass is 9.70. The number of piperidine rings is 1. The summed E-state index contributed by atoms with van der Waals surface area (Å²) < 4.78 is 8.39. The van der Waals surface area contributed by atoms with E-state index in [0.29, 0.717) is 28.0 Å². The fourth-order valence-corrected chi connectivity index (χ4v) is 7.85. The van der Waals surface area contributed by atoms with Crippen LogP contribution in [0.15, 0.2) is 42.6 Å². The number of aromatic nitrogens is 4. The number of carbonyl (C=O) groups is 1. The lowest BCUT2D eigenvalue weighted by Crippen LogP contribution is -2.41. The number of ether oxygens (including phenoxy) is 1. The second kappa shape index (κ2) is 14.7. The first-order valence-corrected chi connectivity index (χ1v) is 18.1. The predicted octanol–water partition coefficient (Wildman–Crippen LogP) is 8.98. The van der Waals surface area contributed by atoms with Crippen molar-refractivity contribution < 1.29 is 9.53 Å². The van der Waals surface area contributed by atoms with Crippen molar-refractivity contribution in [1.82, 2.24) is 24.8 Å². The van der Waals surface area contributed by atoms with E-state index in [0.717, 1.165) is 99.5 Å². The Labute approximate surface area is 289 Å². The number of nitrogens with zero attached hydrogens (tertiary/aromatic N) is 4. The molecule has 0 atom stereocenters. The highest BCUT2D eigenvalue weighted by atomic mass is 35.5. The van der Waals surface area contributed by atoms with Crippen LogP contribution in [-0.2, 0) is 16.1 Å². The van der Waals surface area contributed by atoms with Crippen molar-refractivity contribution in [3.8, 4) is 22.6 Å². The average molecular weight is 680 g/mol. The van der Waals surface area contributed by atoms with E-state index in [4.69, 9.17) is 37.9 Å². The number of imidazole rings is 1. The zero-order chi connectivity index (χ0) is 33.0. The number of carbonyl (C=O) groups excluding carboxylic acids is 1. The molecule has 3 aliphatic rings. The predicted molar refractivity (Wildman–Crippen MR) is 190 cm³/mol. The summed E-state index contributed by atoms with van der Waals surface area (Å²) in [6, 6.07) is 8.17. The highest BCUT2D eigenvalue weighted by Gasteiger charge is 2.41. The maximum Gasteiger partial charge on any atom is 0.330 e. The molecule has 6 rings (SSSR count). The lowest BCUT2D eigenvalue weighted by molar-refractivity contribution is -0.157. The van der Waals surface area contributed by atoms with E-state index in [1.54, 1.807) is 6.08 Å². The number of anilines is 1. The highest BCUT2D eigenvalue weighted by Crippen LogP contribution is 2.46. The number of halogens is 2. The van der Waals surface area contributed by atoms with Gasteiger partial charge in [-0.2, -0.15) is 0 Å². The first-order valence-electron chi connectivity index (χ1n) is 17.4. The smallest absolute Gasteiger partial charge is 0.330 e. The first-order chi connectivity index (χ1) is 22.7. The number of hydrogen-bond donors (Lipinski definition) is 2. The van der Waals surface area contributed by atoms with Crippen LogP contribution < -0.4 is 10.6 Å². The number of nitrogens with one attached hydrogen (secondary N) is 2. The van der Waals surface area contributed by atoms with Gasteiger partial charge in [-0.15, -0.1) is 0 Å². The minimum atomic E-state index is -0.469. The van der Waals surface area contributed by atoms with E-state index in [9.17, 15) is 4.79 Å². The van der Waals surface area contributed by atoms with Crippen LogP contribution in [0.3, 0.4) is 0 Å². The van der Waals surface area contributed by atoms with Crippen molar-refractivity contribution in [3.63, 3.8) is 0 Å². The average Bonchev–Trinajstić information content (AvgIpc) is 3.43. The molecule has 0 bridgehead atoms. The molecule has 8 nitrogen and oxygen atoms in total. The van der Waals surface area contributed by atoms with Crippen LogP contribution in [0.4, 0.5) is 5.95 Å². The molecule has 1 aromatic carbocycles. The van der Waals surface area contributed by atoms with Gasteiger partial charge in [-0.25, -0.2) is 19.7 Å². The molecule has 3 aromatic rings. The molecule has 1 saturated heterocycles. The monoisotopic (exact) mass is 678 g/mol. The molecule has 252 valence electrons. The summed E-state index contributed by atoms with van der Waals surface area (Å²) in [5, 5.41) is 8.18. The van der Waals surface area contributed by atoms with Gasteiger partial charge in [0.1, 0.15) is 11.4 Å². The van der Waals surface area contributed by atoms with Crippen molar-refractivity contribution in [3.05, 3.63) is 58.5 Å². The van der Waals surface area contributed by atoms with Crippen LogP contribution in [0.2, 0.25) is 10.0 Å². The van der Waals surface area contributed by atoms with Gasteiger partial charge in [0.15, 0.2) is 0 Å². The number of hydrogen-bond acceptors (Lipinski definition) is 7. The SMILES string of the molecule is C/C=C/C(=O)OC1(C)CCC(C)(Cn2c(C3CCNCC3)nc(-c3ccc(Cl)c(Cl)c3)c2-c2ccnc(NC3CCCCC3)n2)CC1. The van der Waals surface area contributed by atoms with Crippen LogP contribution in [0.25, 0.3) is 22.6 Å². The first kappa shape index (κ1) is 33.9. The number of rotatable bonds is 9. The van der Waals surface area contributed by atoms with Gasteiger partial charge in [0.2, 0.25) is 5.95 Å². The maximum atomic E-state index is 12.4. The van der Waals surface area contributed by atoms with Crippen LogP contribution in [0.1, 0.15) is 103 Å².